The third-order valence-corrected chi connectivity index (χ3v) is 6.89. The Labute approximate surface area is 118 Å². The molecule has 4 heteroatoms. The van der Waals surface area contributed by atoms with Crippen LogP contribution in [0.4, 0.5) is 0 Å². The second kappa shape index (κ2) is 6.57. The van der Waals surface area contributed by atoms with Gasteiger partial charge in [0.2, 0.25) is 0 Å². The fourth-order valence-electron chi connectivity index (χ4n) is 4.23. The molecule has 0 saturated heterocycles. The van der Waals surface area contributed by atoms with E-state index in [2.05, 4.69) is 12.2 Å². The Morgan fingerprint density at radius 3 is 2.53 bits per heavy atom. The first kappa shape index (κ1) is 15.3. The topological polar surface area (TPSA) is 46.2 Å². The van der Waals surface area contributed by atoms with Crippen LogP contribution in [0.25, 0.3) is 0 Å². The molecule has 0 spiro atoms. The highest BCUT2D eigenvalue weighted by Crippen LogP contribution is 2.43. The van der Waals surface area contributed by atoms with Crippen molar-refractivity contribution in [3.05, 3.63) is 0 Å². The van der Waals surface area contributed by atoms with Crippen LogP contribution >= 0.6 is 0 Å². The highest BCUT2D eigenvalue weighted by molar-refractivity contribution is 7.91. The Hall–Kier alpha value is -0.0900. The molecule has 1 N–H and O–H groups in total. The molecule has 3 nitrogen and oxygen atoms in total. The highest BCUT2D eigenvalue weighted by atomic mass is 32.2. The van der Waals surface area contributed by atoms with Crippen molar-refractivity contribution < 1.29 is 8.42 Å². The maximum Gasteiger partial charge on any atom is 0.150 e. The summed E-state index contributed by atoms with van der Waals surface area (Å²) < 4.78 is 23.6. The van der Waals surface area contributed by atoms with Crippen molar-refractivity contribution in [2.24, 2.45) is 17.8 Å². The Morgan fingerprint density at radius 1 is 1.11 bits per heavy atom. The monoisotopic (exact) mass is 287 g/mol. The minimum atomic E-state index is -2.84. The third-order valence-electron chi connectivity index (χ3n) is 5.25. The molecular formula is C15H29NO2S. The first-order valence-corrected chi connectivity index (χ1v) is 9.87. The van der Waals surface area contributed by atoms with Crippen molar-refractivity contribution in [3.63, 3.8) is 0 Å². The van der Waals surface area contributed by atoms with E-state index in [0.29, 0.717) is 5.92 Å². The van der Waals surface area contributed by atoms with Gasteiger partial charge in [-0.05, 0) is 56.5 Å². The van der Waals surface area contributed by atoms with E-state index < -0.39 is 9.84 Å². The first-order chi connectivity index (χ1) is 9.02. The van der Waals surface area contributed by atoms with E-state index >= 15 is 0 Å². The van der Waals surface area contributed by atoms with Crippen molar-refractivity contribution in [3.8, 4) is 0 Å². The summed E-state index contributed by atoms with van der Waals surface area (Å²) in [5, 5.41) is 3.42. The molecule has 0 aromatic heterocycles. The van der Waals surface area contributed by atoms with Crippen LogP contribution in [0.3, 0.4) is 0 Å². The molecule has 0 aromatic rings. The van der Waals surface area contributed by atoms with E-state index in [0.717, 1.165) is 44.2 Å². The van der Waals surface area contributed by atoms with Gasteiger partial charge in [0, 0.05) is 6.26 Å². The molecule has 4 atom stereocenters. The van der Waals surface area contributed by atoms with Crippen molar-refractivity contribution in [2.45, 2.75) is 57.1 Å². The Balaban J connectivity index is 1.96. The minimum absolute atomic E-state index is 0.0633. The van der Waals surface area contributed by atoms with Crippen molar-refractivity contribution >= 4 is 9.84 Å². The number of hydrogen-bond acceptors (Lipinski definition) is 3. The quantitative estimate of drug-likeness (QED) is 0.845. The van der Waals surface area contributed by atoms with E-state index in [1.165, 1.54) is 31.9 Å². The van der Waals surface area contributed by atoms with Gasteiger partial charge in [0.25, 0.3) is 0 Å². The minimum Gasteiger partial charge on any atom is -0.317 e. The van der Waals surface area contributed by atoms with Crippen LogP contribution in [0.15, 0.2) is 0 Å². The molecule has 0 amide bonds. The molecule has 19 heavy (non-hydrogen) atoms. The van der Waals surface area contributed by atoms with E-state index in [9.17, 15) is 8.42 Å². The van der Waals surface area contributed by atoms with Crippen molar-refractivity contribution in [2.75, 3.05) is 19.3 Å². The molecule has 0 radical (unpaired) electrons. The summed E-state index contributed by atoms with van der Waals surface area (Å²) in [4.78, 5) is 0. The van der Waals surface area contributed by atoms with Crippen LogP contribution < -0.4 is 5.32 Å². The van der Waals surface area contributed by atoms with Crippen molar-refractivity contribution in [1.82, 2.24) is 5.32 Å². The Bertz CT molecular complexity index is 380. The maximum atomic E-state index is 11.8. The summed E-state index contributed by atoms with van der Waals surface area (Å²) in [6.07, 6.45) is 9.57. The van der Waals surface area contributed by atoms with Gasteiger partial charge < -0.3 is 5.32 Å². The van der Waals surface area contributed by atoms with Gasteiger partial charge in [0.1, 0.15) is 9.84 Å². The summed E-state index contributed by atoms with van der Waals surface area (Å²) in [7, 11) is -2.84. The van der Waals surface area contributed by atoms with E-state index in [4.69, 9.17) is 0 Å². The molecule has 0 heterocycles. The predicted octanol–water partition coefficient (Wildman–Crippen LogP) is 2.62. The van der Waals surface area contributed by atoms with Gasteiger partial charge in [-0.25, -0.2) is 8.42 Å². The summed E-state index contributed by atoms with van der Waals surface area (Å²) in [6, 6.07) is 0. The first-order valence-electron chi connectivity index (χ1n) is 7.92. The van der Waals surface area contributed by atoms with Crippen LogP contribution in [-0.4, -0.2) is 33.0 Å². The molecular weight excluding hydrogens is 258 g/mol. The molecule has 0 bridgehead atoms. The smallest absolute Gasteiger partial charge is 0.150 e. The SMILES string of the molecule is CCNCC1CCCC1C1CCCC(S(C)(=O)=O)C1. The lowest BCUT2D eigenvalue weighted by molar-refractivity contribution is 0.201. The molecule has 112 valence electrons. The average Bonchev–Trinajstić information content (AvgIpc) is 2.83. The highest BCUT2D eigenvalue weighted by Gasteiger charge is 2.38. The molecule has 2 rings (SSSR count). The summed E-state index contributed by atoms with van der Waals surface area (Å²) >= 11 is 0. The molecule has 0 aromatic carbocycles. The molecule has 2 saturated carbocycles. The van der Waals surface area contributed by atoms with Crippen LogP contribution in [0, 0.1) is 17.8 Å². The third kappa shape index (κ3) is 3.94. The lowest BCUT2D eigenvalue weighted by Gasteiger charge is -2.35. The summed E-state index contributed by atoms with van der Waals surface area (Å²) in [5.41, 5.74) is 0. The fourth-order valence-corrected chi connectivity index (χ4v) is 5.42. The number of nitrogens with one attached hydrogen (secondary N) is 1. The van der Waals surface area contributed by atoms with Gasteiger partial charge in [0.05, 0.1) is 5.25 Å². The number of sulfone groups is 1. The van der Waals surface area contributed by atoms with E-state index in [-0.39, 0.29) is 5.25 Å². The second-order valence-corrected chi connectivity index (χ2v) is 8.87. The van der Waals surface area contributed by atoms with Gasteiger partial charge in [-0.3, -0.25) is 0 Å². The van der Waals surface area contributed by atoms with E-state index in [1.54, 1.807) is 0 Å². The van der Waals surface area contributed by atoms with Gasteiger partial charge in [-0.1, -0.05) is 26.2 Å². The van der Waals surface area contributed by atoms with Gasteiger partial charge in [-0.2, -0.15) is 0 Å². The molecule has 4 unspecified atom stereocenters. The van der Waals surface area contributed by atoms with Crippen LogP contribution in [-0.2, 0) is 9.84 Å². The van der Waals surface area contributed by atoms with Gasteiger partial charge >= 0.3 is 0 Å². The normalized spacial score (nSPS) is 36.5. The zero-order valence-corrected chi connectivity index (χ0v) is 13.2. The molecule has 2 aliphatic rings. The standard InChI is InChI=1S/C15H29NO2S/c1-3-16-11-13-7-5-9-15(13)12-6-4-8-14(10-12)19(2,17)18/h12-16H,3-11H2,1-2H3. The fraction of sp³-hybridized carbons (Fsp3) is 1.00. The molecule has 2 fully saturated rings. The summed E-state index contributed by atoms with van der Waals surface area (Å²) in [5.74, 6) is 2.20. The van der Waals surface area contributed by atoms with E-state index in [1.807, 2.05) is 0 Å². The van der Waals surface area contributed by atoms with Crippen molar-refractivity contribution in [1.29, 1.82) is 0 Å². The zero-order valence-electron chi connectivity index (χ0n) is 12.4. The lowest BCUT2D eigenvalue weighted by atomic mass is 9.75. The largest absolute Gasteiger partial charge is 0.317 e. The van der Waals surface area contributed by atoms with Gasteiger partial charge in [-0.15, -0.1) is 0 Å². The number of rotatable bonds is 5. The Kier molecular flexibility index (Phi) is 5.29. The predicted molar refractivity (Wildman–Crippen MR) is 80.0 cm³/mol. The molecule has 0 aliphatic heterocycles. The average molecular weight is 287 g/mol. The molecule has 2 aliphatic carbocycles. The van der Waals surface area contributed by atoms with Crippen LogP contribution in [0.1, 0.15) is 51.9 Å². The number of hydrogen-bond donors (Lipinski definition) is 1. The van der Waals surface area contributed by atoms with Crippen LogP contribution in [0.2, 0.25) is 0 Å². The maximum absolute atomic E-state index is 11.8. The van der Waals surface area contributed by atoms with Crippen LogP contribution in [0.5, 0.6) is 0 Å². The lowest BCUT2D eigenvalue weighted by Crippen LogP contribution is -2.34. The Morgan fingerprint density at radius 2 is 1.84 bits per heavy atom. The zero-order chi connectivity index (χ0) is 13.9. The summed E-state index contributed by atoms with van der Waals surface area (Å²) in [6.45, 7) is 4.32. The van der Waals surface area contributed by atoms with Gasteiger partial charge in [0.15, 0.2) is 0 Å². The second-order valence-electron chi connectivity index (χ2n) is 6.54.